The summed E-state index contributed by atoms with van der Waals surface area (Å²) < 4.78 is 30.2. The zero-order valence-corrected chi connectivity index (χ0v) is 19.9. The molecule has 0 amide bonds. The third-order valence-corrected chi connectivity index (χ3v) is 8.89. The first-order valence-corrected chi connectivity index (χ1v) is 12.5. The highest BCUT2D eigenvalue weighted by atomic mass is 79.9. The molecule has 0 aromatic heterocycles. The predicted molar refractivity (Wildman–Crippen MR) is 122 cm³/mol. The maximum Gasteiger partial charge on any atom is 0.264 e. The summed E-state index contributed by atoms with van der Waals surface area (Å²) >= 11 is 3.58. The molecule has 156 valence electrons. The molecular weight excluding hydrogens is 448 g/mol. The topological polar surface area (TPSA) is 40.6 Å². The Labute approximate surface area is 183 Å². The maximum absolute atomic E-state index is 13.7. The van der Waals surface area contributed by atoms with Crippen molar-refractivity contribution in [2.75, 3.05) is 18.4 Å². The number of rotatable bonds is 4. The minimum atomic E-state index is -3.61. The molecule has 1 heterocycles. The Balaban J connectivity index is 1.77. The van der Waals surface area contributed by atoms with Gasteiger partial charge in [-0.15, -0.1) is 0 Å². The molecule has 6 heteroatoms. The van der Waals surface area contributed by atoms with Crippen molar-refractivity contribution < 1.29 is 8.42 Å². The molecule has 1 fully saturated rings. The zero-order valence-electron chi connectivity index (χ0n) is 17.5. The van der Waals surface area contributed by atoms with Gasteiger partial charge < -0.3 is 4.90 Å². The molecule has 1 aliphatic heterocycles. The van der Waals surface area contributed by atoms with E-state index in [4.69, 9.17) is 0 Å². The van der Waals surface area contributed by atoms with Gasteiger partial charge in [-0.1, -0.05) is 41.9 Å². The Kier molecular flexibility index (Phi) is 5.55. The molecule has 1 aliphatic carbocycles. The Hall–Kier alpha value is -1.37. The first kappa shape index (κ1) is 20.9. The van der Waals surface area contributed by atoms with Crippen molar-refractivity contribution in [3.8, 4) is 0 Å². The average molecular weight is 477 g/mol. The molecule has 0 spiro atoms. The van der Waals surface area contributed by atoms with Gasteiger partial charge in [0.2, 0.25) is 0 Å². The second-order valence-corrected chi connectivity index (χ2v) is 11.6. The molecule has 1 saturated carbocycles. The van der Waals surface area contributed by atoms with Crippen LogP contribution < -0.4 is 4.31 Å². The molecule has 4 rings (SSSR count). The lowest BCUT2D eigenvalue weighted by Crippen LogP contribution is -2.45. The zero-order chi connectivity index (χ0) is 20.9. The number of hydrogen-bond donors (Lipinski definition) is 0. The number of nitrogens with zero attached hydrogens (tertiary/aromatic N) is 2. The van der Waals surface area contributed by atoms with E-state index in [-0.39, 0.29) is 12.0 Å². The highest BCUT2D eigenvalue weighted by Crippen LogP contribution is 2.51. The summed E-state index contributed by atoms with van der Waals surface area (Å²) in [6.45, 7) is 4.23. The summed E-state index contributed by atoms with van der Waals surface area (Å²) in [6.07, 6.45) is 2.88. The van der Waals surface area contributed by atoms with E-state index in [9.17, 15) is 8.42 Å². The minimum Gasteiger partial charge on any atom is -0.306 e. The number of hydrogen-bond acceptors (Lipinski definition) is 3. The molecule has 2 aliphatic rings. The number of halogens is 1. The van der Waals surface area contributed by atoms with Gasteiger partial charge in [-0.2, -0.15) is 0 Å². The fourth-order valence-electron chi connectivity index (χ4n) is 4.86. The van der Waals surface area contributed by atoms with E-state index in [2.05, 4.69) is 54.8 Å². The van der Waals surface area contributed by atoms with E-state index in [0.717, 1.165) is 40.5 Å². The van der Waals surface area contributed by atoms with Crippen molar-refractivity contribution in [1.29, 1.82) is 0 Å². The van der Waals surface area contributed by atoms with Gasteiger partial charge in [0.25, 0.3) is 10.0 Å². The SMILES string of the molecule is CC(C)c1ccc(S(=O)(=O)N2c3ccc(Br)cc3C3CC(N(C)C)CCC32)cc1. The van der Waals surface area contributed by atoms with Crippen molar-refractivity contribution in [1.82, 2.24) is 4.90 Å². The first-order chi connectivity index (χ1) is 13.7. The van der Waals surface area contributed by atoms with Crippen molar-refractivity contribution in [2.24, 2.45) is 0 Å². The van der Waals surface area contributed by atoms with Crippen molar-refractivity contribution in [2.45, 2.75) is 61.9 Å². The molecule has 2 aromatic rings. The number of sulfonamides is 1. The molecule has 0 bridgehead atoms. The largest absolute Gasteiger partial charge is 0.306 e. The fraction of sp³-hybridized carbons (Fsp3) is 0.478. The van der Waals surface area contributed by atoms with Gasteiger partial charge in [0.05, 0.1) is 16.6 Å². The Morgan fingerprint density at radius 3 is 2.38 bits per heavy atom. The minimum absolute atomic E-state index is 0.00900. The monoisotopic (exact) mass is 476 g/mol. The van der Waals surface area contributed by atoms with Crippen LogP contribution in [0.4, 0.5) is 5.69 Å². The second kappa shape index (κ2) is 7.71. The van der Waals surface area contributed by atoms with Crippen LogP contribution in [0, 0.1) is 0 Å². The van der Waals surface area contributed by atoms with Gasteiger partial charge in [-0.3, -0.25) is 4.31 Å². The van der Waals surface area contributed by atoms with Gasteiger partial charge in [0, 0.05) is 16.4 Å². The standard InChI is InChI=1S/C23H29BrN2O2S/c1-15(2)16-5-9-19(10-6-16)29(27,28)26-22-11-7-17(24)13-20(22)21-14-18(25(3)4)8-12-23(21)26/h5-7,9-11,13,15,18,21,23H,8,12,14H2,1-4H3. The van der Waals surface area contributed by atoms with Crippen LogP contribution in [0.2, 0.25) is 0 Å². The summed E-state index contributed by atoms with van der Waals surface area (Å²) in [6, 6.07) is 13.9. The lowest BCUT2D eigenvalue weighted by atomic mass is 9.79. The molecule has 29 heavy (non-hydrogen) atoms. The number of fused-ring (bicyclic) bond motifs is 3. The lowest BCUT2D eigenvalue weighted by Gasteiger charge is -2.38. The molecule has 2 aromatic carbocycles. The van der Waals surface area contributed by atoms with E-state index < -0.39 is 10.0 Å². The van der Waals surface area contributed by atoms with Crippen molar-refractivity contribution in [3.05, 3.63) is 58.1 Å². The lowest BCUT2D eigenvalue weighted by molar-refractivity contribution is 0.205. The molecule has 4 nitrogen and oxygen atoms in total. The fourth-order valence-corrected chi connectivity index (χ4v) is 6.98. The Morgan fingerprint density at radius 1 is 1.07 bits per heavy atom. The molecular formula is C23H29BrN2O2S. The van der Waals surface area contributed by atoms with Crippen LogP contribution in [0.25, 0.3) is 0 Å². The predicted octanol–water partition coefficient (Wildman–Crippen LogP) is 5.35. The average Bonchev–Trinajstić information content (AvgIpc) is 3.01. The van der Waals surface area contributed by atoms with E-state index in [1.165, 1.54) is 0 Å². The molecule has 0 radical (unpaired) electrons. The van der Waals surface area contributed by atoms with Gasteiger partial charge in [0.15, 0.2) is 0 Å². The number of anilines is 1. The van der Waals surface area contributed by atoms with Crippen LogP contribution in [-0.4, -0.2) is 39.5 Å². The maximum atomic E-state index is 13.7. The Morgan fingerprint density at radius 2 is 1.76 bits per heavy atom. The van der Waals surface area contributed by atoms with Gasteiger partial charge >= 0.3 is 0 Å². The second-order valence-electron chi connectivity index (χ2n) is 8.83. The number of benzene rings is 2. The first-order valence-electron chi connectivity index (χ1n) is 10.3. The summed E-state index contributed by atoms with van der Waals surface area (Å²) in [7, 11) is 0.624. The quantitative estimate of drug-likeness (QED) is 0.596. The van der Waals surface area contributed by atoms with Crippen LogP contribution in [0.3, 0.4) is 0 Å². The third kappa shape index (κ3) is 3.64. The van der Waals surface area contributed by atoms with Crippen LogP contribution in [0.5, 0.6) is 0 Å². The van der Waals surface area contributed by atoms with Crippen molar-refractivity contribution >= 4 is 31.6 Å². The summed E-state index contributed by atoms with van der Waals surface area (Å²) in [5, 5.41) is 0. The molecule has 0 N–H and O–H groups in total. The molecule has 3 unspecified atom stereocenters. The smallest absolute Gasteiger partial charge is 0.264 e. The summed E-state index contributed by atoms with van der Waals surface area (Å²) in [5.41, 5.74) is 3.15. The normalized spacial score (nSPS) is 24.1. The molecule has 3 atom stereocenters. The van der Waals surface area contributed by atoms with E-state index >= 15 is 0 Å². The van der Waals surface area contributed by atoms with Crippen LogP contribution in [0.15, 0.2) is 51.8 Å². The van der Waals surface area contributed by atoms with E-state index in [1.54, 1.807) is 16.4 Å². The highest BCUT2D eigenvalue weighted by molar-refractivity contribution is 9.10. The summed E-state index contributed by atoms with van der Waals surface area (Å²) in [5.74, 6) is 0.607. The van der Waals surface area contributed by atoms with Gasteiger partial charge in [-0.25, -0.2) is 8.42 Å². The highest BCUT2D eigenvalue weighted by Gasteiger charge is 2.47. The Bertz CT molecular complexity index is 1000. The van der Waals surface area contributed by atoms with Crippen LogP contribution >= 0.6 is 15.9 Å². The van der Waals surface area contributed by atoms with Crippen LogP contribution in [-0.2, 0) is 10.0 Å². The van der Waals surface area contributed by atoms with Crippen LogP contribution in [0.1, 0.15) is 56.1 Å². The van der Waals surface area contributed by atoms with E-state index in [0.29, 0.717) is 16.9 Å². The third-order valence-electron chi connectivity index (χ3n) is 6.55. The van der Waals surface area contributed by atoms with Gasteiger partial charge in [-0.05, 0) is 80.7 Å². The van der Waals surface area contributed by atoms with Gasteiger partial charge in [0.1, 0.15) is 0 Å². The molecule has 0 saturated heterocycles. The van der Waals surface area contributed by atoms with E-state index in [1.807, 2.05) is 24.3 Å². The van der Waals surface area contributed by atoms with Crippen molar-refractivity contribution in [3.63, 3.8) is 0 Å². The summed E-state index contributed by atoms with van der Waals surface area (Å²) in [4.78, 5) is 2.65.